The number of nitrogens with two attached hydrogens (primary N) is 1. The van der Waals surface area contributed by atoms with Gasteiger partial charge in [-0.1, -0.05) is 68.8 Å². The normalized spacial score (nSPS) is 15.3. The van der Waals surface area contributed by atoms with Crippen LogP contribution in [0.4, 0.5) is 0 Å². The molecule has 0 saturated carbocycles. The number of H-pyrrole nitrogens is 2. The number of carbonyl (C=O) groups is 9. The molecule has 25 heteroatoms. The van der Waals surface area contributed by atoms with Crippen LogP contribution in [0.2, 0.25) is 0 Å². The summed E-state index contributed by atoms with van der Waals surface area (Å²) in [5, 5.41) is 59.6. The molecular weight excluding hydrogens is 941 g/mol. The fourth-order valence-corrected chi connectivity index (χ4v) is 7.24. The molecule has 0 fully saturated rings. The zero-order valence-corrected chi connectivity index (χ0v) is 40.1. The van der Waals surface area contributed by atoms with Crippen LogP contribution in [-0.2, 0) is 62.4 Å². The minimum absolute atomic E-state index is 0.133. The lowest BCUT2D eigenvalue weighted by Gasteiger charge is -2.28. The predicted octanol–water partition coefficient (Wildman–Crippen LogP) is -3.73. The minimum atomic E-state index is -1.68. The molecule has 8 amide bonds. The molecule has 2 aromatic heterocycles. The summed E-state index contributed by atoms with van der Waals surface area (Å²) in [4.78, 5) is 130. The first-order valence-electron chi connectivity index (χ1n) is 23.1. The molecule has 0 aliphatic carbocycles. The standard InChI is InChI=1S/C47H64N12O13/c1-5-24(2)38(45(69)57-36(22-61)47(71)72)58-43(67)33(16-28-18-50-31-14-10-9-13-30(28)31)55-42(66)34(17-29-19-49-23-52-29)53-37(63)20-51-41(65)32(15-27-11-7-6-8-12-27)54-44(68)35(21-60)56-46(70)39(26(4)62)59-40(64)25(3)48/h6-14,18-19,23-26,32-36,38-39,50,60-62H,5,15-17,20-22,48H2,1-4H3,(H,49,52)(H,51,65)(H,53,63)(H,54,68)(H,55,66)(H,56,70)(H,57,69)(H,58,67)(H,59,64)(H,71,72)/t24-,25-,26+,32-,33-,34-,35-,36-,38-,39-/m0/s1. The van der Waals surface area contributed by atoms with Gasteiger partial charge in [-0.15, -0.1) is 0 Å². The third-order valence-electron chi connectivity index (χ3n) is 11.6. The number of hydrogen-bond acceptors (Lipinski definition) is 14. The van der Waals surface area contributed by atoms with Crippen molar-refractivity contribution in [3.63, 3.8) is 0 Å². The molecule has 0 spiro atoms. The smallest absolute Gasteiger partial charge is 0.328 e. The number of carboxylic acid groups (broad SMARTS) is 1. The Hall–Kier alpha value is -7.74. The molecule has 0 aliphatic heterocycles. The van der Waals surface area contributed by atoms with E-state index in [1.807, 2.05) is 0 Å². The number of benzene rings is 2. The number of nitrogens with one attached hydrogen (secondary N) is 10. The van der Waals surface area contributed by atoms with Crippen LogP contribution in [0.1, 0.15) is 50.9 Å². The summed E-state index contributed by atoms with van der Waals surface area (Å²) in [7, 11) is 0. The number of imidazole rings is 1. The predicted molar refractivity (Wildman–Crippen MR) is 258 cm³/mol. The van der Waals surface area contributed by atoms with Crippen molar-refractivity contribution in [1.29, 1.82) is 0 Å². The monoisotopic (exact) mass is 1000 g/mol. The number of carbonyl (C=O) groups excluding carboxylic acids is 8. The average molecular weight is 1010 g/mol. The van der Waals surface area contributed by atoms with E-state index < -0.39 is 133 Å². The Kier molecular flexibility index (Phi) is 21.8. The Morgan fingerprint density at radius 3 is 1.78 bits per heavy atom. The number of hydrogen-bond donors (Lipinski definition) is 15. The SMILES string of the molecule is CC[C@H](C)[C@H](NC(=O)[C@H](Cc1c[nH]c2ccccc12)NC(=O)[C@H](Cc1cnc[nH]1)NC(=O)CNC(=O)[C@H](Cc1ccccc1)NC(=O)[C@H](CO)NC(=O)[C@@H](NC(=O)[C@H](C)N)[C@@H](C)O)C(=O)N[C@@H](CO)C(=O)O. The van der Waals surface area contributed by atoms with Crippen molar-refractivity contribution in [3.05, 3.63) is 90.1 Å². The van der Waals surface area contributed by atoms with Gasteiger partial charge in [-0.25, -0.2) is 9.78 Å². The minimum Gasteiger partial charge on any atom is -0.480 e. The molecule has 25 nitrogen and oxygen atoms in total. The van der Waals surface area contributed by atoms with E-state index in [0.29, 0.717) is 23.2 Å². The van der Waals surface area contributed by atoms with E-state index >= 15 is 0 Å². The van der Waals surface area contributed by atoms with Crippen LogP contribution in [0, 0.1) is 5.92 Å². The van der Waals surface area contributed by atoms with Crippen LogP contribution in [0.15, 0.2) is 73.3 Å². The largest absolute Gasteiger partial charge is 0.480 e. The van der Waals surface area contributed by atoms with Gasteiger partial charge in [0.1, 0.15) is 42.3 Å². The molecule has 0 bridgehead atoms. The first kappa shape index (κ1) is 56.8. The van der Waals surface area contributed by atoms with Gasteiger partial charge in [0.2, 0.25) is 47.3 Å². The van der Waals surface area contributed by atoms with Gasteiger partial charge in [-0.3, -0.25) is 38.4 Å². The zero-order valence-electron chi connectivity index (χ0n) is 40.1. The molecule has 2 aromatic carbocycles. The number of aliphatic hydroxyl groups is 3. The fraction of sp³-hybridized carbons (Fsp3) is 0.447. The average Bonchev–Trinajstić information content (AvgIpc) is 4.03. The van der Waals surface area contributed by atoms with Gasteiger partial charge in [-0.05, 0) is 37.0 Å². The third kappa shape index (κ3) is 16.7. The Morgan fingerprint density at radius 2 is 1.18 bits per heavy atom. The van der Waals surface area contributed by atoms with Crippen LogP contribution in [0.5, 0.6) is 0 Å². The van der Waals surface area contributed by atoms with Gasteiger partial charge in [0, 0.05) is 48.3 Å². The second kappa shape index (κ2) is 27.6. The maximum absolute atomic E-state index is 14.3. The highest BCUT2D eigenvalue weighted by atomic mass is 16.4. The molecule has 0 radical (unpaired) electrons. The summed E-state index contributed by atoms with van der Waals surface area (Å²) < 4.78 is 0. The van der Waals surface area contributed by atoms with Crippen molar-refractivity contribution in [1.82, 2.24) is 57.5 Å². The summed E-state index contributed by atoms with van der Waals surface area (Å²) in [5.41, 5.74) is 7.84. The van der Waals surface area contributed by atoms with E-state index in [-0.39, 0.29) is 19.3 Å². The van der Waals surface area contributed by atoms with Gasteiger partial charge >= 0.3 is 5.97 Å². The zero-order chi connectivity index (χ0) is 53.1. The topological polar surface area (TPSA) is 401 Å². The van der Waals surface area contributed by atoms with Crippen LogP contribution in [-0.4, -0.2) is 163 Å². The van der Waals surface area contributed by atoms with E-state index in [0.717, 1.165) is 10.9 Å². The van der Waals surface area contributed by atoms with Crippen molar-refractivity contribution in [2.45, 2.75) is 108 Å². The molecule has 16 N–H and O–H groups in total. The van der Waals surface area contributed by atoms with Crippen LogP contribution < -0.4 is 48.3 Å². The molecule has 0 unspecified atom stereocenters. The Labute approximate surface area is 413 Å². The molecule has 0 saturated heterocycles. The number of aromatic amines is 2. The summed E-state index contributed by atoms with van der Waals surface area (Å²) >= 11 is 0. The van der Waals surface area contributed by atoms with Crippen molar-refractivity contribution in [2.24, 2.45) is 11.7 Å². The summed E-state index contributed by atoms with van der Waals surface area (Å²) in [5.74, 6) is -9.30. The quantitative estimate of drug-likeness (QED) is 0.0260. The molecular formula is C47H64N12O13. The molecule has 4 rings (SSSR count). The fourth-order valence-electron chi connectivity index (χ4n) is 7.24. The number of rotatable bonds is 28. The molecule has 4 aromatic rings. The van der Waals surface area contributed by atoms with Gasteiger partial charge < -0.3 is 78.7 Å². The number of aliphatic hydroxyl groups excluding tert-OH is 3. The van der Waals surface area contributed by atoms with E-state index in [1.54, 1.807) is 74.6 Å². The number of fused-ring (bicyclic) bond motifs is 1. The molecule has 72 heavy (non-hydrogen) atoms. The lowest BCUT2D eigenvalue weighted by atomic mass is 9.96. The Morgan fingerprint density at radius 1 is 0.625 bits per heavy atom. The molecule has 10 atom stereocenters. The van der Waals surface area contributed by atoms with Crippen LogP contribution in [0.25, 0.3) is 10.9 Å². The molecule has 390 valence electrons. The van der Waals surface area contributed by atoms with E-state index in [9.17, 15) is 63.6 Å². The van der Waals surface area contributed by atoms with Gasteiger partial charge in [0.05, 0.1) is 38.2 Å². The highest BCUT2D eigenvalue weighted by Gasteiger charge is 2.35. The van der Waals surface area contributed by atoms with Crippen molar-refractivity contribution in [2.75, 3.05) is 19.8 Å². The second-order valence-electron chi connectivity index (χ2n) is 17.2. The maximum Gasteiger partial charge on any atom is 0.328 e. The van der Waals surface area contributed by atoms with Gasteiger partial charge in [0.15, 0.2) is 0 Å². The highest BCUT2D eigenvalue weighted by Crippen LogP contribution is 2.20. The lowest BCUT2D eigenvalue weighted by Crippen LogP contribution is -2.61. The number of nitrogens with zero attached hydrogens (tertiary/aromatic N) is 1. The third-order valence-corrected chi connectivity index (χ3v) is 11.6. The number of para-hydroxylation sites is 1. The lowest BCUT2D eigenvalue weighted by molar-refractivity contribution is -0.143. The van der Waals surface area contributed by atoms with E-state index in [1.165, 1.54) is 26.4 Å². The summed E-state index contributed by atoms with van der Waals surface area (Å²) in [6, 6.07) is 4.04. The van der Waals surface area contributed by atoms with Crippen molar-refractivity contribution >= 4 is 64.1 Å². The number of carboxylic acids is 1. The maximum atomic E-state index is 14.3. The molecule has 0 aliphatic rings. The van der Waals surface area contributed by atoms with Crippen molar-refractivity contribution in [3.8, 4) is 0 Å². The van der Waals surface area contributed by atoms with Crippen molar-refractivity contribution < 1.29 is 63.6 Å². The first-order chi connectivity index (χ1) is 34.3. The van der Waals surface area contributed by atoms with Crippen LogP contribution >= 0.6 is 0 Å². The summed E-state index contributed by atoms with van der Waals surface area (Å²) in [6.45, 7) is 3.31. The number of aromatic nitrogens is 3. The Balaban J connectivity index is 1.55. The number of aliphatic carboxylic acids is 1. The van der Waals surface area contributed by atoms with Gasteiger partial charge in [0.25, 0.3) is 0 Å². The first-order valence-corrected chi connectivity index (χ1v) is 23.1. The molecule has 2 heterocycles. The second-order valence-corrected chi connectivity index (χ2v) is 17.2. The van der Waals surface area contributed by atoms with E-state index in [2.05, 4.69) is 57.5 Å². The van der Waals surface area contributed by atoms with Crippen LogP contribution in [0.3, 0.4) is 0 Å². The van der Waals surface area contributed by atoms with Gasteiger partial charge in [-0.2, -0.15) is 0 Å². The Bertz CT molecular complexity index is 2480. The summed E-state index contributed by atoms with van der Waals surface area (Å²) in [6.07, 6.45) is 2.82. The highest BCUT2D eigenvalue weighted by molar-refractivity contribution is 5.98. The van der Waals surface area contributed by atoms with E-state index in [4.69, 9.17) is 5.73 Å². The number of amides is 8.